The van der Waals surface area contributed by atoms with Gasteiger partial charge in [-0.25, -0.2) is 0 Å². The van der Waals surface area contributed by atoms with Crippen LogP contribution in [0.25, 0.3) is 0 Å². The third kappa shape index (κ3) is 4.31. The van der Waals surface area contributed by atoms with Crippen LogP contribution in [-0.4, -0.2) is 35.8 Å². The molecule has 1 aliphatic rings. The standard InChI is InChI=1S/C17H24N2O2/c1-13(2)16(20)18-15-10-6-7-11-19(12-15)17(21)14-8-4-3-5-9-14/h3-5,8-9,13,15H,6-7,10-12H2,1-2H3,(H,18,20). The molecule has 1 atom stereocenters. The highest BCUT2D eigenvalue weighted by atomic mass is 16.2. The van der Waals surface area contributed by atoms with E-state index >= 15 is 0 Å². The SMILES string of the molecule is CC(C)C(=O)NC1CCCCN(C(=O)c2ccccc2)C1. The average Bonchev–Trinajstić information content (AvgIpc) is 2.73. The maximum absolute atomic E-state index is 12.5. The minimum Gasteiger partial charge on any atom is -0.351 e. The first kappa shape index (κ1) is 15.5. The van der Waals surface area contributed by atoms with Gasteiger partial charge in [-0.3, -0.25) is 9.59 Å². The van der Waals surface area contributed by atoms with E-state index in [0.717, 1.165) is 25.8 Å². The van der Waals surface area contributed by atoms with Gasteiger partial charge in [-0.15, -0.1) is 0 Å². The molecule has 21 heavy (non-hydrogen) atoms. The maximum Gasteiger partial charge on any atom is 0.253 e. The molecule has 1 aromatic rings. The van der Waals surface area contributed by atoms with Crippen LogP contribution < -0.4 is 5.32 Å². The molecule has 114 valence electrons. The molecule has 4 nitrogen and oxygen atoms in total. The van der Waals surface area contributed by atoms with E-state index in [2.05, 4.69) is 5.32 Å². The van der Waals surface area contributed by atoms with Crippen molar-refractivity contribution < 1.29 is 9.59 Å². The van der Waals surface area contributed by atoms with Crippen molar-refractivity contribution in [1.82, 2.24) is 10.2 Å². The van der Waals surface area contributed by atoms with Crippen LogP contribution in [0, 0.1) is 5.92 Å². The normalized spacial score (nSPS) is 19.2. The summed E-state index contributed by atoms with van der Waals surface area (Å²) < 4.78 is 0. The summed E-state index contributed by atoms with van der Waals surface area (Å²) in [6.07, 6.45) is 2.98. The first-order valence-electron chi connectivity index (χ1n) is 7.72. The highest BCUT2D eigenvalue weighted by Crippen LogP contribution is 2.14. The van der Waals surface area contributed by atoms with E-state index in [-0.39, 0.29) is 23.8 Å². The number of nitrogens with zero attached hydrogens (tertiary/aromatic N) is 1. The number of likely N-dealkylation sites (tertiary alicyclic amines) is 1. The van der Waals surface area contributed by atoms with E-state index in [9.17, 15) is 9.59 Å². The summed E-state index contributed by atoms with van der Waals surface area (Å²) in [5.74, 6) is 0.0989. The summed E-state index contributed by atoms with van der Waals surface area (Å²) >= 11 is 0. The number of carbonyl (C=O) groups excluding carboxylic acids is 2. The molecule has 0 radical (unpaired) electrons. The predicted octanol–water partition coefficient (Wildman–Crippen LogP) is 2.45. The number of nitrogens with one attached hydrogen (secondary N) is 1. The van der Waals surface area contributed by atoms with Crippen LogP contribution in [0.1, 0.15) is 43.5 Å². The molecule has 4 heteroatoms. The molecule has 1 heterocycles. The highest BCUT2D eigenvalue weighted by molar-refractivity contribution is 5.94. The molecular formula is C17H24N2O2. The molecule has 2 rings (SSSR count). The second-order valence-electron chi connectivity index (χ2n) is 5.97. The lowest BCUT2D eigenvalue weighted by molar-refractivity contribution is -0.124. The topological polar surface area (TPSA) is 49.4 Å². The smallest absolute Gasteiger partial charge is 0.253 e. The van der Waals surface area contributed by atoms with Crippen LogP contribution in [0.2, 0.25) is 0 Å². The van der Waals surface area contributed by atoms with Gasteiger partial charge in [0, 0.05) is 30.6 Å². The average molecular weight is 288 g/mol. The first-order chi connectivity index (χ1) is 10.1. The minimum atomic E-state index is -0.0217. The van der Waals surface area contributed by atoms with Gasteiger partial charge in [-0.1, -0.05) is 32.0 Å². The monoisotopic (exact) mass is 288 g/mol. The molecule has 0 aliphatic carbocycles. The molecular weight excluding hydrogens is 264 g/mol. The Labute approximate surface area is 126 Å². The van der Waals surface area contributed by atoms with Crippen LogP contribution in [-0.2, 0) is 4.79 Å². The maximum atomic E-state index is 12.5. The van der Waals surface area contributed by atoms with Crippen molar-refractivity contribution in [2.24, 2.45) is 5.92 Å². The van der Waals surface area contributed by atoms with Crippen molar-refractivity contribution in [2.45, 2.75) is 39.2 Å². The fourth-order valence-corrected chi connectivity index (χ4v) is 2.58. The Hall–Kier alpha value is -1.84. The number of hydrogen-bond acceptors (Lipinski definition) is 2. The number of carbonyl (C=O) groups is 2. The quantitative estimate of drug-likeness (QED) is 0.929. The zero-order valence-electron chi connectivity index (χ0n) is 12.8. The number of amides is 2. The summed E-state index contributed by atoms with van der Waals surface area (Å²) in [5, 5.41) is 3.06. The molecule has 1 saturated heterocycles. The molecule has 0 saturated carbocycles. The van der Waals surface area contributed by atoms with Gasteiger partial charge in [-0.05, 0) is 31.4 Å². The van der Waals surface area contributed by atoms with Gasteiger partial charge in [0.15, 0.2) is 0 Å². The van der Waals surface area contributed by atoms with Gasteiger partial charge >= 0.3 is 0 Å². The van der Waals surface area contributed by atoms with E-state index in [1.165, 1.54) is 0 Å². The van der Waals surface area contributed by atoms with Crippen LogP contribution in [0.5, 0.6) is 0 Å². The number of benzene rings is 1. The summed E-state index contributed by atoms with van der Waals surface area (Å²) in [6, 6.07) is 9.41. The van der Waals surface area contributed by atoms with Gasteiger partial charge in [0.2, 0.25) is 5.91 Å². The molecule has 1 unspecified atom stereocenters. The van der Waals surface area contributed by atoms with Crippen molar-refractivity contribution in [3.8, 4) is 0 Å². The lowest BCUT2D eigenvalue weighted by Gasteiger charge is -2.25. The third-order valence-electron chi connectivity index (χ3n) is 3.85. The van der Waals surface area contributed by atoms with Crippen LogP contribution >= 0.6 is 0 Å². The Balaban J connectivity index is 2.02. The van der Waals surface area contributed by atoms with E-state index in [0.29, 0.717) is 12.1 Å². The molecule has 1 N–H and O–H groups in total. The van der Waals surface area contributed by atoms with E-state index in [4.69, 9.17) is 0 Å². The largest absolute Gasteiger partial charge is 0.351 e. The molecule has 2 amide bonds. The lowest BCUT2D eigenvalue weighted by atomic mass is 10.1. The zero-order valence-corrected chi connectivity index (χ0v) is 12.8. The number of rotatable bonds is 3. The van der Waals surface area contributed by atoms with Crippen molar-refractivity contribution >= 4 is 11.8 Å². The fourth-order valence-electron chi connectivity index (χ4n) is 2.58. The third-order valence-corrected chi connectivity index (χ3v) is 3.85. The number of hydrogen-bond donors (Lipinski definition) is 1. The van der Waals surface area contributed by atoms with Gasteiger partial charge in [0.25, 0.3) is 5.91 Å². The van der Waals surface area contributed by atoms with Crippen LogP contribution in [0.3, 0.4) is 0 Å². The van der Waals surface area contributed by atoms with Crippen molar-refractivity contribution in [1.29, 1.82) is 0 Å². The Bertz CT molecular complexity index is 485. The molecule has 1 fully saturated rings. The highest BCUT2D eigenvalue weighted by Gasteiger charge is 2.24. The van der Waals surface area contributed by atoms with Crippen molar-refractivity contribution in [2.75, 3.05) is 13.1 Å². The predicted molar refractivity (Wildman–Crippen MR) is 83.0 cm³/mol. The molecule has 0 spiro atoms. The second-order valence-corrected chi connectivity index (χ2v) is 5.97. The zero-order chi connectivity index (χ0) is 15.2. The van der Waals surface area contributed by atoms with E-state index in [1.54, 1.807) is 0 Å². The second kappa shape index (κ2) is 7.25. The van der Waals surface area contributed by atoms with Gasteiger partial charge in [0.1, 0.15) is 0 Å². The summed E-state index contributed by atoms with van der Waals surface area (Å²) in [5.41, 5.74) is 0.716. The van der Waals surface area contributed by atoms with Crippen molar-refractivity contribution in [3.05, 3.63) is 35.9 Å². The lowest BCUT2D eigenvalue weighted by Crippen LogP contribution is -2.45. The Kier molecular flexibility index (Phi) is 5.37. The summed E-state index contributed by atoms with van der Waals surface area (Å²) in [4.78, 5) is 26.3. The van der Waals surface area contributed by atoms with E-state index in [1.807, 2.05) is 49.1 Å². The first-order valence-corrected chi connectivity index (χ1v) is 7.72. The summed E-state index contributed by atoms with van der Waals surface area (Å²) in [6.45, 7) is 5.14. The van der Waals surface area contributed by atoms with Crippen LogP contribution in [0.15, 0.2) is 30.3 Å². The van der Waals surface area contributed by atoms with Gasteiger partial charge in [-0.2, -0.15) is 0 Å². The molecule has 1 aromatic carbocycles. The molecule has 0 bridgehead atoms. The van der Waals surface area contributed by atoms with Gasteiger partial charge < -0.3 is 10.2 Å². The van der Waals surface area contributed by atoms with Crippen LogP contribution in [0.4, 0.5) is 0 Å². The molecule has 1 aliphatic heterocycles. The van der Waals surface area contributed by atoms with E-state index < -0.39 is 0 Å². The Morgan fingerprint density at radius 3 is 2.57 bits per heavy atom. The van der Waals surface area contributed by atoms with Gasteiger partial charge in [0.05, 0.1) is 0 Å². The Morgan fingerprint density at radius 1 is 1.19 bits per heavy atom. The summed E-state index contributed by atoms with van der Waals surface area (Å²) in [7, 11) is 0. The molecule has 0 aromatic heterocycles. The van der Waals surface area contributed by atoms with Crippen molar-refractivity contribution in [3.63, 3.8) is 0 Å². The Morgan fingerprint density at radius 2 is 1.90 bits per heavy atom. The fraction of sp³-hybridized carbons (Fsp3) is 0.529. The minimum absolute atomic E-state index is 0.0217.